The van der Waals surface area contributed by atoms with Crippen LogP contribution in [0.15, 0.2) is 48.8 Å². The van der Waals surface area contributed by atoms with E-state index in [1.54, 1.807) is 40.4 Å². The van der Waals surface area contributed by atoms with E-state index in [1.165, 1.54) is 6.07 Å². The summed E-state index contributed by atoms with van der Waals surface area (Å²) in [6.45, 7) is 1.12. The maximum absolute atomic E-state index is 14.2. The lowest BCUT2D eigenvalue weighted by molar-refractivity contribution is -0.154. The zero-order chi connectivity index (χ0) is 23.6. The summed E-state index contributed by atoms with van der Waals surface area (Å²) in [6, 6.07) is 10.3. The summed E-state index contributed by atoms with van der Waals surface area (Å²) in [5.74, 6) is -0.484. The lowest BCUT2D eigenvalue weighted by Crippen LogP contribution is -2.66. The van der Waals surface area contributed by atoms with Crippen LogP contribution in [0.5, 0.6) is 0 Å². The minimum absolute atomic E-state index is 0.0243. The van der Waals surface area contributed by atoms with Crippen LogP contribution in [0.2, 0.25) is 0 Å². The smallest absolute Gasteiger partial charge is 0.290 e. The maximum atomic E-state index is 14.2. The first-order valence-electron chi connectivity index (χ1n) is 10.2. The third-order valence-corrected chi connectivity index (χ3v) is 5.21. The minimum Gasteiger partial charge on any atom is -0.483 e. The van der Waals surface area contributed by atoms with Gasteiger partial charge in [-0.05, 0) is 56.3 Å². The van der Waals surface area contributed by atoms with Gasteiger partial charge in [-0.15, -0.1) is 0 Å². The molecular formula is C23H29FN4O4. The molecular weight excluding hydrogens is 415 g/mol. The second-order valence-corrected chi connectivity index (χ2v) is 8.00. The van der Waals surface area contributed by atoms with E-state index in [4.69, 9.17) is 9.90 Å². The molecule has 0 saturated carbocycles. The van der Waals surface area contributed by atoms with Crippen molar-refractivity contribution in [2.75, 3.05) is 40.3 Å². The number of carboxylic acid groups (broad SMARTS) is 1. The average Bonchev–Trinajstić information content (AvgIpc) is 2.72. The van der Waals surface area contributed by atoms with Crippen LogP contribution >= 0.6 is 0 Å². The zero-order valence-corrected chi connectivity index (χ0v) is 18.3. The molecule has 2 aromatic rings. The van der Waals surface area contributed by atoms with Crippen molar-refractivity contribution in [3.8, 4) is 0 Å². The molecule has 32 heavy (non-hydrogen) atoms. The molecule has 0 bridgehead atoms. The van der Waals surface area contributed by atoms with Crippen molar-refractivity contribution in [3.63, 3.8) is 0 Å². The van der Waals surface area contributed by atoms with Gasteiger partial charge in [0.05, 0.1) is 12.0 Å². The standard InChI is InChI=1S/C22H27FN4O2.CH2O2/c1-26(2)14-20(28)27-15-22(16-27,13-18-5-3-4-6-19(18)23)21(29)25-12-9-17-7-10-24-11-8-17;2-1-3/h3-8,10-11H,9,12-16H2,1-2H3,(H,25,29);1H,(H,2,3). The predicted octanol–water partition coefficient (Wildman–Crippen LogP) is 1.21. The van der Waals surface area contributed by atoms with Crippen molar-refractivity contribution >= 4 is 18.3 Å². The van der Waals surface area contributed by atoms with E-state index in [-0.39, 0.29) is 30.5 Å². The number of carbonyl (C=O) groups excluding carboxylic acids is 2. The summed E-state index contributed by atoms with van der Waals surface area (Å²) in [6.07, 6.45) is 4.40. The molecule has 1 fully saturated rings. The number of carbonyl (C=O) groups is 3. The van der Waals surface area contributed by atoms with Crippen molar-refractivity contribution in [1.82, 2.24) is 20.1 Å². The van der Waals surface area contributed by atoms with Crippen molar-refractivity contribution in [2.45, 2.75) is 12.8 Å². The second-order valence-electron chi connectivity index (χ2n) is 8.00. The lowest BCUT2D eigenvalue weighted by atomic mass is 9.73. The Morgan fingerprint density at radius 1 is 1.22 bits per heavy atom. The van der Waals surface area contributed by atoms with Gasteiger partial charge in [0.1, 0.15) is 5.82 Å². The topological polar surface area (TPSA) is 103 Å². The Bertz CT molecular complexity index is 902. The predicted molar refractivity (Wildman–Crippen MR) is 117 cm³/mol. The molecule has 3 rings (SSSR count). The fourth-order valence-electron chi connectivity index (χ4n) is 3.63. The molecule has 1 aromatic heterocycles. The summed E-state index contributed by atoms with van der Waals surface area (Å²) in [5, 5.41) is 9.87. The first kappa shape index (κ1) is 24.9. The fraction of sp³-hybridized carbons (Fsp3) is 0.391. The van der Waals surface area contributed by atoms with E-state index >= 15 is 0 Å². The number of nitrogens with one attached hydrogen (secondary N) is 1. The number of likely N-dealkylation sites (N-methyl/N-ethyl adjacent to an activating group) is 1. The molecule has 0 atom stereocenters. The highest BCUT2D eigenvalue weighted by molar-refractivity contribution is 5.88. The molecule has 172 valence electrons. The number of benzene rings is 1. The Hall–Kier alpha value is -3.33. The van der Waals surface area contributed by atoms with Crippen LogP contribution in [-0.2, 0) is 27.2 Å². The van der Waals surface area contributed by atoms with Crippen LogP contribution in [0.4, 0.5) is 4.39 Å². The zero-order valence-electron chi connectivity index (χ0n) is 18.3. The van der Waals surface area contributed by atoms with Gasteiger partial charge in [-0.1, -0.05) is 18.2 Å². The lowest BCUT2D eigenvalue weighted by Gasteiger charge is -2.49. The fourth-order valence-corrected chi connectivity index (χ4v) is 3.63. The molecule has 0 aliphatic carbocycles. The molecule has 2 amide bonds. The number of amides is 2. The highest BCUT2D eigenvalue weighted by Gasteiger charge is 2.50. The van der Waals surface area contributed by atoms with E-state index in [0.717, 1.165) is 5.56 Å². The Morgan fingerprint density at radius 3 is 2.44 bits per heavy atom. The number of aromatic nitrogens is 1. The van der Waals surface area contributed by atoms with E-state index in [2.05, 4.69) is 10.3 Å². The Kier molecular flexibility index (Phi) is 9.27. The van der Waals surface area contributed by atoms with Gasteiger partial charge in [0.2, 0.25) is 11.8 Å². The van der Waals surface area contributed by atoms with Crippen LogP contribution in [0, 0.1) is 11.2 Å². The SMILES string of the molecule is CN(C)CC(=O)N1CC(Cc2ccccc2F)(C(=O)NCCc2ccncc2)C1.O=CO. The van der Waals surface area contributed by atoms with Gasteiger partial charge in [0, 0.05) is 32.0 Å². The van der Waals surface area contributed by atoms with Gasteiger partial charge < -0.3 is 20.2 Å². The molecule has 1 aliphatic rings. The molecule has 2 N–H and O–H groups in total. The third-order valence-electron chi connectivity index (χ3n) is 5.21. The van der Waals surface area contributed by atoms with E-state index in [0.29, 0.717) is 38.2 Å². The molecule has 8 nitrogen and oxygen atoms in total. The van der Waals surface area contributed by atoms with Gasteiger partial charge in [-0.25, -0.2) is 4.39 Å². The van der Waals surface area contributed by atoms with Crippen LogP contribution in [0.1, 0.15) is 11.1 Å². The molecule has 0 spiro atoms. The highest BCUT2D eigenvalue weighted by Crippen LogP contribution is 2.35. The highest BCUT2D eigenvalue weighted by atomic mass is 19.1. The number of hydrogen-bond acceptors (Lipinski definition) is 5. The molecule has 1 aliphatic heterocycles. The molecule has 9 heteroatoms. The normalized spacial score (nSPS) is 14.1. The average molecular weight is 445 g/mol. The van der Waals surface area contributed by atoms with Gasteiger partial charge in [0.25, 0.3) is 6.47 Å². The minimum atomic E-state index is -0.803. The van der Waals surface area contributed by atoms with Gasteiger partial charge in [-0.3, -0.25) is 19.4 Å². The number of nitrogens with zero attached hydrogens (tertiary/aromatic N) is 3. The molecule has 0 unspecified atom stereocenters. The number of pyridine rings is 1. The Morgan fingerprint density at radius 2 is 1.84 bits per heavy atom. The monoisotopic (exact) mass is 444 g/mol. The molecule has 1 aromatic carbocycles. The quantitative estimate of drug-likeness (QED) is 0.594. The van der Waals surface area contributed by atoms with Crippen molar-refractivity contribution in [2.24, 2.45) is 5.41 Å². The maximum Gasteiger partial charge on any atom is 0.290 e. The van der Waals surface area contributed by atoms with Crippen molar-refractivity contribution in [1.29, 1.82) is 0 Å². The van der Waals surface area contributed by atoms with Gasteiger partial charge in [-0.2, -0.15) is 0 Å². The summed E-state index contributed by atoms with van der Waals surface area (Å²) >= 11 is 0. The van der Waals surface area contributed by atoms with Crippen LogP contribution in [0.25, 0.3) is 0 Å². The second kappa shape index (κ2) is 11.9. The summed E-state index contributed by atoms with van der Waals surface area (Å²) in [5.41, 5.74) is 0.777. The van der Waals surface area contributed by atoms with Gasteiger partial charge in [0.15, 0.2) is 0 Å². The Labute approximate surface area is 187 Å². The number of likely N-dealkylation sites (tertiary alicyclic amines) is 1. The number of halogens is 1. The van der Waals surface area contributed by atoms with Crippen LogP contribution in [0.3, 0.4) is 0 Å². The van der Waals surface area contributed by atoms with Gasteiger partial charge >= 0.3 is 0 Å². The third kappa shape index (κ3) is 6.84. The number of rotatable bonds is 8. The Balaban J connectivity index is 0.00000114. The van der Waals surface area contributed by atoms with Crippen molar-refractivity contribution in [3.05, 3.63) is 65.7 Å². The van der Waals surface area contributed by atoms with E-state index in [9.17, 15) is 14.0 Å². The molecule has 2 heterocycles. The first-order valence-corrected chi connectivity index (χ1v) is 10.2. The van der Waals surface area contributed by atoms with Crippen LogP contribution < -0.4 is 5.32 Å². The van der Waals surface area contributed by atoms with E-state index in [1.807, 2.05) is 26.2 Å². The molecule has 1 saturated heterocycles. The number of hydrogen-bond donors (Lipinski definition) is 2. The first-order chi connectivity index (χ1) is 15.3. The summed E-state index contributed by atoms with van der Waals surface area (Å²) in [7, 11) is 3.66. The molecule has 0 radical (unpaired) electrons. The summed E-state index contributed by atoms with van der Waals surface area (Å²) < 4.78 is 14.2. The van der Waals surface area contributed by atoms with E-state index < -0.39 is 5.41 Å². The largest absolute Gasteiger partial charge is 0.483 e. The van der Waals surface area contributed by atoms with Crippen LogP contribution in [-0.4, -0.2) is 78.5 Å². The van der Waals surface area contributed by atoms with Crippen molar-refractivity contribution < 1.29 is 23.9 Å². The summed E-state index contributed by atoms with van der Waals surface area (Å²) in [4.78, 5) is 41.2.